The van der Waals surface area contributed by atoms with Crippen molar-refractivity contribution < 1.29 is 9.53 Å². The van der Waals surface area contributed by atoms with Crippen LogP contribution >= 0.6 is 0 Å². The maximum atomic E-state index is 12.6. The Bertz CT molecular complexity index is 539. The maximum absolute atomic E-state index is 12.6. The number of nitrogens with zero attached hydrogens (tertiary/aromatic N) is 4. The normalized spacial score (nSPS) is 18.0. The van der Waals surface area contributed by atoms with Crippen LogP contribution < -0.4 is 15.4 Å². The Kier molecular flexibility index (Phi) is 6.78. The monoisotopic (exact) mass is 335 g/mol. The molecule has 2 rings (SSSR count). The van der Waals surface area contributed by atoms with E-state index in [1.165, 1.54) is 0 Å². The number of ether oxygens (including phenoxy) is 1. The summed E-state index contributed by atoms with van der Waals surface area (Å²) in [7, 11) is 0. The minimum Gasteiger partial charge on any atom is -0.478 e. The van der Waals surface area contributed by atoms with E-state index in [4.69, 9.17) is 10.5 Å². The van der Waals surface area contributed by atoms with Crippen LogP contribution in [0.2, 0.25) is 0 Å². The van der Waals surface area contributed by atoms with Crippen LogP contribution in [0.3, 0.4) is 0 Å². The number of aromatic nitrogens is 2. The van der Waals surface area contributed by atoms with Crippen LogP contribution in [0.15, 0.2) is 12.3 Å². The van der Waals surface area contributed by atoms with E-state index in [2.05, 4.69) is 21.8 Å². The van der Waals surface area contributed by atoms with E-state index in [1.807, 2.05) is 18.7 Å². The average Bonchev–Trinajstić information content (AvgIpc) is 2.86. The van der Waals surface area contributed by atoms with Crippen LogP contribution in [0.4, 0.5) is 5.95 Å². The molecule has 0 aliphatic carbocycles. The van der Waals surface area contributed by atoms with Gasteiger partial charge in [-0.15, -0.1) is 0 Å². The van der Waals surface area contributed by atoms with E-state index in [1.54, 1.807) is 12.3 Å². The molecule has 7 heteroatoms. The number of carbonyl (C=O) groups excluding carboxylic acids is 1. The first-order valence-electron chi connectivity index (χ1n) is 8.82. The molecule has 1 aromatic rings. The van der Waals surface area contributed by atoms with Gasteiger partial charge in [0.05, 0.1) is 12.6 Å². The molecule has 134 valence electrons. The molecular formula is C17H29N5O2. The summed E-state index contributed by atoms with van der Waals surface area (Å²) in [6, 6.07) is 1.34. The number of anilines is 1. The van der Waals surface area contributed by atoms with Crippen LogP contribution in [-0.4, -0.2) is 59.6 Å². The Balaban J connectivity index is 1.99. The van der Waals surface area contributed by atoms with Gasteiger partial charge in [0, 0.05) is 38.4 Å². The molecule has 1 saturated heterocycles. The minimum atomic E-state index is -0.418. The average molecular weight is 335 g/mol. The predicted octanol–water partition coefficient (Wildman–Crippen LogP) is 1.29. The lowest BCUT2D eigenvalue weighted by Gasteiger charge is -2.27. The van der Waals surface area contributed by atoms with Crippen molar-refractivity contribution in [1.82, 2.24) is 14.9 Å². The summed E-state index contributed by atoms with van der Waals surface area (Å²) in [5.41, 5.74) is 6.11. The van der Waals surface area contributed by atoms with Gasteiger partial charge in [-0.2, -0.15) is 4.98 Å². The lowest BCUT2D eigenvalue weighted by atomic mass is 9.99. The summed E-state index contributed by atoms with van der Waals surface area (Å²) >= 11 is 0. The third kappa shape index (κ3) is 4.56. The molecule has 1 amide bonds. The van der Waals surface area contributed by atoms with E-state index < -0.39 is 6.04 Å². The van der Waals surface area contributed by atoms with Crippen molar-refractivity contribution in [2.75, 3.05) is 37.7 Å². The first-order valence-corrected chi connectivity index (χ1v) is 8.82. The van der Waals surface area contributed by atoms with Gasteiger partial charge in [0.25, 0.3) is 0 Å². The summed E-state index contributed by atoms with van der Waals surface area (Å²) in [6.45, 7) is 9.48. The van der Waals surface area contributed by atoms with E-state index in [9.17, 15) is 4.79 Å². The fourth-order valence-corrected chi connectivity index (χ4v) is 2.76. The minimum absolute atomic E-state index is 0.0511. The molecule has 2 unspecified atom stereocenters. The van der Waals surface area contributed by atoms with Gasteiger partial charge < -0.3 is 20.3 Å². The number of nitrogens with two attached hydrogens (primary N) is 1. The molecule has 7 nitrogen and oxygen atoms in total. The second-order valence-corrected chi connectivity index (χ2v) is 6.21. The molecule has 1 aliphatic heterocycles. The maximum Gasteiger partial charge on any atom is 0.239 e. The van der Waals surface area contributed by atoms with Crippen LogP contribution in [0, 0.1) is 5.92 Å². The number of carbonyl (C=O) groups is 1. The van der Waals surface area contributed by atoms with E-state index in [0.717, 1.165) is 25.9 Å². The molecule has 0 saturated carbocycles. The Morgan fingerprint density at radius 1 is 1.33 bits per heavy atom. The van der Waals surface area contributed by atoms with Crippen molar-refractivity contribution in [2.24, 2.45) is 11.7 Å². The second-order valence-electron chi connectivity index (χ2n) is 6.21. The first kappa shape index (κ1) is 18.4. The predicted molar refractivity (Wildman–Crippen MR) is 94.0 cm³/mol. The van der Waals surface area contributed by atoms with Crippen LogP contribution in [0.5, 0.6) is 5.88 Å². The van der Waals surface area contributed by atoms with Gasteiger partial charge >= 0.3 is 0 Å². The molecule has 0 aromatic carbocycles. The number of amides is 1. The summed E-state index contributed by atoms with van der Waals surface area (Å²) in [5, 5.41) is 0. The third-order valence-corrected chi connectivity index (χ3v) is 4.54. The molecule has 1 aromatic heterocycles. The Morgan fingerprint density at radius 3 is 2.83 bits per heavy atom. The molecule has 2 N–H and O–H groups in total. The van der Waals surface area contributed by atoms with Crippen molar-refractivity contribution in [1.29, 1.82) is 0 Å². The van der Waals surface area contributed by atoms with Crippen LogP contribution in [-0.2, 0) is 4.79 Å². The number of hydrogen-bond donors (Lipinski definition) is 1. The quantitative estimate of drug-likeness (QED) is 0.843. The highest BCUT2D eigenvalue weighted by Crippen LogP contribution is 2.16. The van der Waals surface area contributed by atoms with Gasteiger partial charge in [-0.25, -0.2) is 4.98 Å². The first-order chi connectivity index (χ1) is 11.6. The zero-order chi connectivity index (χ0) is 17.5. The van der Waals surface area contributed by atoms with E-state index in [-0.39, 0.29) is 11.8 Å². The van der Waals surface area contributed by atoms with Crippen molar-refractivity contribution in [3.05, 3.63) is 12.3 Å². The molecule has 0 radical (unpaired) electrons. The van der Waals surface area contributed by atoms with Crippen LogP contribution in [0.25, 0.3) is 0 Å². The smallest absolute Gasteiger partial charge is 0.239 e. The van der Waals surface area contributed by atoms with E-state index >= 15 is 0 Å². The highest BCUT2D eigenvalue weighted by Gasteiger charge is 2.27. The Morgan fingerprint density at radius 2 is 2.12 bits per heavy atom. The van der Waals surface area contributed by atoms with E-state index in [0.29, 0.717) is 31.5 Å². The second kappa shape index (κ2) is 8.82. The number of hydrogen-bond acceptors (Lipinski definition) is 6. The topological polar surface area (TPSA) is 84.6 Å². The van der Waals surface area contributed by atoms with Crippen LogP contribution in [0.1, 0.15) is 33.6 Å². The van der Waals surface area contributed by atoms with Crippen molar-refractivity contribution in [2.45, 2.75) is 39.7 Å². The summed E-state index contributed by atoms with van der Waals surface area (Å²) in [6.07, 6.45) is 3.49. The fourth-order valence-electron chi connectivity index (χ4n) is 2.76. The van der Waals surface area contributed by atoms with Gasteiger partial charge in [-0.1, -0.05) is 20.3 Å². The summed E-state index contributed by atoms with van der Waals surface area (Å²) in [4.78, 5) is 25.3. The highest BCUT2D eigenvalue weighted by molar-refractivity contribution is 5.82. The molecule has 2 heterocycles. The number of rotatable bonds is 6. The standard InChI is InChI=1S/C17H29N5O2/c1-4-13(3)15(18)16(23)21-9-6-10-22(12-11-21)17-19-8-7-14(20-17)24-5-2/h7-8,13,15H,4-6,9-12,18H2,1-3H3. The summed E-state index contributed by atoms with van der Waals surface area (Å²) in [5.74, 6) is 1.48. The van der Waals surface area contributed by atoms with Crippen molar-refractivity contribution in [3.8, 4) is 5.88 Å². The SMILES string of the molecule is CCOc1ccnc(N2CCCN(C(=O)C(N)C(C)CC)CC2)n1. The molecule has 0 spiro atoms. The molecular weight excluding hydrogens is 306 g/mol. The molecule has 2 atom stereocenters. The van der Waals surface area contributed by atoms with Crippen molar-refractivity contribution in [3.63, 3.8) is 0 Å². The Labute approximate surface area is 144 Å². The Hall–Kier alpha value is -1.89. The molecule has 0 bridgehead atoms. The summed E-state index contributed by atoms with van der Waals surface area (Å²) < 4.78 is 5.44. The van der Waals surface area contributed by atoms with Gasteiger partial charge in [-0.3, -0.25) is 4.79 Å². The highest BCUT2D eigenvalue weighted by atomic mass is 16.5. The van der Waals surface area contributed by atoms with Gasteiger partial charge in [-0.05, 0) is 19.3 Å². The lowest BCUT2D eigenvalue weighted by molar-refractivity contribution is -0.133. The largest absolute Gasteiger partial charge is 0.478 e. The van der Waals surface area contributed by atoms with Gasteiger partial charge in [0.2, 0.25) is 17.7 Å². The molecule has 1 aliphatic rings. The molecule has 1 fully saturated rings. The lowest BCUT2D eigenvalue weighted by Crippen LogP contribution is -2.48. The zero-order valence-electron chi connectivity index (χ0n) is 14.9. The zero-order valence-corrected chi connectivity index (χ0v) is 14.9. The molecule has 24 heavy (non-hydrogen) atoms. The fraction of sp³-hybridized carbons (Fsp3) is 0.706. The van der Waals surface area contributed by atoms with Gasteiger partial charge in [0.1, 0.15) is 0 Å². The van der Waals surface area contributed by atoms with Crippen molar-refractivity contribution >= 4 is 11.9 Å². The van der Waals surface area contributed by atoms with Gasteiger partial charge in [0.15, 0.2) is 0 Å². The third-order valence-electron chi connectivity index (χ3n) is 4.54.